The quantitative estimate of drug-likeness (QED) is 0.847. The summed E-state index contributed by atoms with van der Waals surface area (Å²) in [6.45, 7) is 5.54. The average molecular weight is 304 g/mol. The van der Waals surface area contributed by atoms with Gasteiger partial charge in [-0.1, -0.05) is 17.7 Å². The van der Waals surface area contributed by atoms with Crippen LogP contribution >= 0.6 is 11.6 Å². The van der Waals surface area contributed by atoms with Crippen LogP contribution in [0.1, 0.15) is 24.2 Å². The summed E-state index contributed by atoms with van der Waals surface area (Å²) in [6.07, 6.45) is 2.06. The molecule has 4 nitrogen and oxygen atoms in total. The number of hydrogen-bond acceptors (Lipinski definition) is 1. The maximum atomic E-state index is 12.5. The largest absolute Gasteiger partial charge is 0.348 e. The Balaban J connectivity index is 1.79. The Labute approximate surface area is 129 Å². The molecule has 1 aromatic heterocycles. The van der Waals surface area contributed by atoms with E-state index >= 15 is 0 Å². The lowest BCUT2D eigenvalue weighted by Crippen LogP contribution is -2.43. The highest BCUT2D eigenvalue weighted by atomic mass is 35.5. The highest BCUT2D eigenvalue weighted by molar-refractivity contribution is 6.31. The van der Waals surface area contributed by atoms with Gasteiger partial charge in [-0.3, -0.25) is 0 Å². The number of carbonyl (C=O) groups excluding carboxylic acids is 1. The molecule has 0 aliphatic carbocycles. The summed E-state index contributed by atoms with van der Waals surface area (Å²) in [6, 6.07) is 9.58. The third-order valence-electron chi connectivity index (χ3n) is 4.04. The smallest absolute Gasteiger partial charge is 0.322 e. The van der Waals surface area contributed by atoms with Gasteiger partial charge in [-0.25, -0.2) is 4.79 Å². The second-order valence-corrected chi connectivity index (χ2v) is 5.82. The van der Waals surface area contributed by atoms with Gasteiger partial charge < -0.3 is 14.8 Å². The Morgan fingerprint density at radius 3 is 2.95 bits per heavy atom. The number of amides is 2. The molecule has 110 valence electrons. The minimum absolute atomic E-state index is 0.0632. The average Bonchev–Trinajstić information content (AvgIpc) is 2.92. The topological polar surface area (TPSA) is 37.3 Å². The van der Waals surface area contributed by atoms with E-state index in [0.29, 0.717) is 11.6 Å². The third-order valence-corrected chi connectivity index (χ3v) is 4.28. The predicted octanol–water partition coefficient (Wildman–Crippen LogP) is 4.06. The third kappa shape index (κ3) is 2.63. The van der Waals surface area contributed by atoms with E-state index in [1.807, 2.05) is 30.0 Å². The number of halogens is 1. The number of aromatic nitrogens is 1. The zero-order valence-corrected chi connectivity index (χ0v) is 12.9. The van der Waals surface area contributed by atoms with Crippen molar-refractivity contribution in [1.82, 2.24) is 9.47 Å². The van der Waals surface area contributed by atoms with E-state index < -0.39 is 0 Å². The molecule has 0 radical (unpaired) electrons. The van der Waals surface area contributed by atoms with Crippen LogP contribution < -0.4 is 5.32 Å². The molecule has 21 heavy (non-hydrogen) atoms. The molecule has 1 atom stereocenters. The number of aryl methyl sites for hydroxylation is 1. The first-order chi connectivity index (χ1) is 10.1. The van der Waals surface area contributed by atoms with Crippen molar-refractivity contribution < 1.29 is 4.79 Å². The fraction of sp³-hybridized carbons (Fsp3) is 0.312. The summed E-state index contributed by atoms with van der Waals surface area (Å²) in [5.41, 5.74) is 2.93. The van der Waals surface area contributed by atoms with E-state index in [1.165, 1.54) is 5.69 Å². The SMILES string of the molecule is Cc1ccc(Cl)cc1NC(=O)N1CCn2cccc2C1C. The molecule has 1 N–H and O–H groups in total. The second-order valence-electron chi connectivity index (χ2n) is 5.39. The zero-order chi connectivity index (χ0) is 15.0. The molecule has 5 heteroatoms. The number of urea groups is 1. The van der Waals surface area contributed by atoms with Crippen LogP contribution in [0.25, 0.3) is 0 Å². The van der Waals surface area contributed by atoms with Crippen molar-refractivity contribution in [1.29, 1.82) is 0 Å². The maximum Gasteiger partial charge on any atom is 0.322 e. The summed E-state index contributed by atoms with van der Waals surface area (Å²) in [5, 5.41) is 3.59. The van der Waals surface area contributed by atoms with Crippen LogP contribution in [-0.4, -0.2) is 22.0 Å². The molecule has 0 saturated carbocycles. The maximum absolute atomic E-state index is 12.5. The first-order valence-electron chi connectivity index (χ1n) is 7.05. The minimum atomic E-state index is -0.0830. The van der Waals surface area contributed by atoms with Crippen LogP contribution in [0, 0.1) is 6.92 Å². The van der Waals surface area contributed by atoms with E-state index in [9.17, 15) is 4.79 Å². The summed E-state index contributed by atoms with van der Waals surface area (Å²) < 4.78 is 2.19. The molecule has 0 saturated heterocycles. The number of anilines is 1. The van der Waals surface area contributed by atoms with E-state index in [-0.39, 0.29) is 12.1 Å². The summed E-state index contributed by atoms with van der Waals surface area (Å²) in [4.78, 5) is 14.4. The molecule has 1 unspecified atom stereocenters. The van der Waals surface area contributed by atoms with Gasteiger partial charge in [-0.05, 0) is 43.7 Å². The van der Waals surface area contributed by atoms with E-state index in [0.717, 1.165) is 17.8 Å². The molecular formula is C16H18ClN3O. The van der Waals surface area contributed by atoms with E-state index in [1.54, 1.807) is 6.07 Å². The molecule has 0 fully saturated rings. The highest BCUT2D eigenvalue weighted by Crippen LogP contribution is 2.27. The van der Waals surface area contributed by atoms with Crippen LogP contribution in [0.15, 0.2) is 36.5 Å². The van der Waals surface area contributed by atoms with Crippen molar-refractivity contribution in [2.75, 3.05) is 11.9 Å². The molecule has 2 amide bonds. The van der Waals surface area contributed by atoms with Crippen molar-refractivity contribution in [3.05, 3.63) is 52.8 Å². The summed E-state index contributed by atoms with van der Waals surface area (Å²) >= 11 is 6.00. The van der Waals surface area contributed by atoms with Gasteiger partial charge in [0.2, 0.25) is 0 Å². The lowest BCUT2D eigenvalue weighted by Gasteiger charge is -2.35. The van der Waals surface area contributed by atoms with E-state index in [4.69, 9.17) is 11.6 Å². The Bertz CT molecular complexity index is 680. The fourth-order valence-corrected chi connectivity index (χ4v) is 2.94. The van der Waals surface area contributed by atoms with Gasteiger partial charge >= 0.3 is 6.03 Å². The van der Waals surface area contributed by atoms with Crippen LogP contribution in [0.3, 0.4) is 0 Å². The number of nitrogens with zero attached hydrogens (tertiary/aromatic N) is 2. The van der Waals surface area contributed by atoms with Gasteiger partial charge in [0.05, 0.1) is 6.04 Å². The van der Waals surface area contributed by atoms with Gasteiger partial charge in [0.1, 0.15) is 0 Å². The number of rotatable bonds is 1. The van der Waals surface area contributed by atoms with Crippen LogP contribution in [0.2, 0.25) is 5.02 Å². The number of hydrogen-bond donors (Lipinski definition) is 1. The lowest BCUT2D eigenvalue weighted by molar-refractivity contribution is 0.175. The van der Waals surface area contributed by atoms with Gasteiger partial charge in [0, 0.05) is 35.7 Å². The lowest BCUT2D eigenvalue weighted by atomic mass is 10.1. The molecule has 1 aliphatic heterocycles. The molecular weight excluding hydrogens is 286 g/mol. The molecule has 1 aliphatic rings. The number of benzene rings is 1. The van der Waals surface area contributed by atoms with Crippen molar-refractivity contribution in [3.8, 4) is 0 Å². The highest BCUT2D eigenvalue weighted by Gasteiger charge is 2.27. The van der Waals surface area contributed by atoms with Crippen molar-refractivity contribution in [2.24, 2.45) is 0 Å². The van der Waals surface area contributed by atoms with E-state index in [2.05, 4.69) is 29.1 Å². The van der Waals surface area contributed by atoms with Crippen molar-refractivity contribution in [2.45, 2.75) is 26.4 Å². The Morgan fingerprint density at radius 1 is 1.33 bits per heavy atom. The molecule has 1 aromatic carbocycles. The van der Waals surface area contributed by atoms with Gasteiger partial charge in [0.25, 0.3) is 0 Å². The number of nitrogens with one attached hydrogen (secondary N) is 1. The predicted molar refractivity (Wildman–Crippen MR) is 84.8 cm³/mol. The van der Waals surface area contributed by atoms with Crippen molar-refractivity contribution >= 4 is 23.3 Å². The first kappa shape index (κ1) is 14.0. The van der Waals surface area contributed by atoms with Gasteiger partial charge in [0.15, 0.2) is 0 Å². The normalized spacial score (nSPS) is 17.5. The van der Waals surface area contributed by atoms with Crippen LogP contribution in [0.4, 0.5) is 10.5 Å². The second kappa shape index (κ2) is 5.45. The Morgan fingerprint density at radius 2 is 2.14 bits per heavy atom. The standard InChI is InChI=1S/C16H18ClN3O/c1-11-5-6-13(17)10-14(11)18-16(21)20-9-8-19-7-3-4-15(19)12(20)2/h3-7,10,12H,8-9H2,1-2H3,(H,18,21). The first-order valence-corrected chi connectivity index (χ1v) is 7.43. The van der Waals surface area contributed by atoms with Crippen LogP contribution in [-0.2, 0) is 6.54 Å². The van der Waals surface area contributed by atoms with Gasteiger partial charge in [-0.2, -0.15) is 0 Å². The monoisotopic (exact) mass is 303 g/mol. The van der Waals surface area contributed by atoms with Crippen molar-refractivity contribution in [3.63, 3.8) is 0 Å². The number of fused-ring (bicyclic) bond motifs is 1. The molecule has 0 spiro atoms. The van der Waals surface area contributed by atoms with Crippen LogP contribution in [0.5, 0.6) is 0 Å². The molecule has 2 aromatic rings. The molecule has 2 heterocycles. The minimum Gasteiger partial charge on any atom is -0.348 e. The van der Waals surface area contributed by atoms with Gasteiger partial charge in [-0.15, -0.1) is 0 Å². The fourth-order valence-electron chi connectivity index (χ4n) is 2.77. The Hall–Kier alpha value is -1.94. The molecule has 0 bridgehead atoms. The number of carbonyl (C=O) groups is 1. The zero-order valence-electron chi connectivity index (χ0n) is 12.1. The Kier molecular flexibility index (Phi) is 3.64. The molecule has 3 rings (SSSR count). The summed E-state index contributed by atoms with van der Waals surface area (Å²) in [5.74, 6) is 0. The summed E-state index contributed by atoms with van der Waals surface area (Å²) in [7, 11) is 0.